The Balaban J connectivity index is 1.47. The summed E-state index contributed by atoms with van der Waals surface area (Å²) in [5, 5.41) is 12.9. The number of nitrogens with one attached hydrogen (secondary N) is 2. The minimum absolute atomic E-state index is 0.0262. The van der Waals surface area contributed by atoms with E-state index in [4.69, 9.17) is 13.9 Å². The van der Waals surface area contributed by atoms with Crippen LogP contribution in [0.25, 0.3) is 0 Å². The topological polar surface area (TPSA) is 116 Å². The monoisotopic (exact) mass is 392 g/mol. The Morgan fingerprint density at radius 1 is 1.26 bits per heavy atom. The largest absolute Gasteiger partial charge is 0.485 e. The van der Waals surface area contributed by atoms with Crippen LogP contribution >= 0.6 is 11.8 Å². The molecule has 3 amide bonds. The van der Waals surface area contributed by atoms with Crippen molar-refractivity contribution in [3.05, 3.63) is 30.2 Å². The van der Waals surface area contributed by atoms with Crippen LogP contribution in [-0.4, -0.2) is 41.0 Å². The second kappa shape index (κ2) is 8.76. The van der Waals surface area contributed by atoms with Crippen molar-refractivity contribution in [2.24, 2.45) is 5.92 Å². The lowest BCUT2D eigenvalue weighted by atomic mass is 10.2. The normalized spacial score (nSPS) is 15.4. The van der Waals surface area contributed by atoms with Crippen molar-refractivity contribution in [2.75, 3.05) is 18.9 Å². The molecule has 9 nitrogen and oxygen atoms in total. The molecule has 1 aromatic heterocycles. The molecule has 2 aromatic rings. The standard InChI is InChI=1S/C17H20N4O5S/c1-10(2)7-18-16(23)19-14(22)9-27-17-21-20-15(26-17)13-8-24-11-5-3-4-6-12(11)25-13/h3-6,10,13H,7-9H2,1-2H3,(H2,18,19,22,23)/t13-/m1/s1. The highest BCUT2D eigenvalue weighted by atomic mass is 32.2. The van der Waals surface area contributed by atoms with Gasteiger partial charge in [0.25, 0.3) is 11.1 Å². The van der Waals surface area contributed by atoms with Gasteiger partial charge in [0.2, 0.25) is 12.0 Å². The number of para-hydroxylation sites is 2. The zero-order valence-electron chi connectivity index (χ0n) is 14.9. The van der Waals surface area contributed by atoms with Gasteiger partial charge in [-0.3, -0.25) is 10.1 Å². The number of rotatable bonds is 6. The molecule has 0 bridgehead atoms. The molecule has 1 atom stereocenters. The first-order valence-electron chi connectivity index (χ1n) is 8.43. The SMILES string of the molecule is CC(C)CNC(=O)NC(=O)CSc1nnc([C@H]2COc3ccccc3O2)o1. The Morgan fingerprint density at radius 2 is 2.04 bits per heavy atom. The number of amides is 3. The van der Waals surface area contributed by atoms with Gasteiger partial charge in [-0.25, -0.2) is 4.79 Å². The number of benzene rings is 1. The van der Waals surface area contributed by atoms with Crippen molar-refractivity contribution in [1.29, 1.82) is 0 Å². The lowest BCUT2D eigenvalue weighted by molar-refractivity contribution is -0.117. The Labute approximate surface area is 160 Å². The molecule has 144 valence electrons. The third-order valence-electron chi connectivity index (χ3n) is 3.46. The minimum atomic E-state index is -0.521. The third-order valence-corrected chi connectivity index (χ3v) is 4.28. The van der Waals surface area contributed by atoms with E-state index in [2.05, 4.69) is 20.8 Å². The molecule has 0 saturated heterocycles. The maximum absolute atomic E-state index is 11.8. The van der Waals surface area contributed by atoms with Gasteiger partial charge in [0.1, 0.15) is 6.61 Å². The van der Waals surface area contributed by atoms with Gasteiger partial charge in [0.05, 0.1) is 5.75 Å². The summed E-state index contributed by atoms with van der Waals surface area (Å²) in [6.45, 7) is 4.67. The predicted molar refractivity (Wildman–Crippen MR) is 96.7 cm³/mol. The highest BCUT2D eigenvalue weighted by Crippen LogP contribution is 2.35. The van der Waals surface area contributed by atoms with E-state index in [0.29, 0.717) is 24.0 Å². The summed E-state index contributed by atoms with van der Waals surface area (Å²) in [5.41, 5.74) is 0. The van der Waals surface area contributed by atoms with Gasteiger partial charge in [-0.05, 0) is 18.1 Å². The Kier molecular flexibility index (Phi) is 6.17. The van der Waals surface area contributed by atoms with Crippen LogP contribution < -0.4 is 20.1 Å². The molecule has 0 unspecified atom stereocenters. The van der Waals surface area contributed by atoms with Crippen LogP contribution in [0.15, 0.2) is 33.9 Å². The highest BCUT2D eigenvalue weighted by molar-refractivity contribution is 7.99. The number of thioether (sulfide) groups is 1. The van der Waals surface area contributed by atoms with Crippen LogP contribution in [0.4, 0.5) is 4.79 Å². The average molecular weight is 392 g/mol. The van der Waals surface area contributed by atoms with Crippen molar-refractivity contribution in [2.45, 2.75) is 25.2 Å². The Bertz CT molecular complexity index is 810. The second-order valence-electron chi connectivity index (χ2n) is 6.21. The van der Waals surface area contributed by atoms with E-state index in [9.17, 15) is 9.59 Å². The van der Waals surface area contributed by atoms with E-state index in [1.807, 2.05) is 32.0 Å². The smallest absolute Gasteiger partial charge is 0.321 e. The molecule has 3 rings (SSSR count). The van der Waals surface area contributed by atoms with Crippen LogP contribution in [0.3, 0.4) is 0 Å². The maximum Gasteiger partial charge on any atom is 0.321 e. The molecule has 0 radical (unpaired) electrons. The number of carbonyl (C=O) groups is 2. The first kappa shape index (κ1) is 19.0. The number of ether oxygens (including phenoxy) is 2. The fourth-order valence-corrected chi connectivity index (χ4v) is 2.75. The van der Waals surface area contributed by atoms with E-state index in [-0.39, 0.29) is 23.5 Å². The van der Waals surface area contributed by atoms with Gasteiger partial charge >= 0.3 is 6.03 Å². The molecule has 0 aliphatic carbocycles. The number of nitrogens with zero attached hydrogens (tertiary/aromatic N) is 2. The molecule has 0 fully saturated rings. The van der Waals surface area contributed by atoms with Crippen LogP contribution in [-0.2, 0) is 4.79 Å². The Morgan fingerprint density at radius 3 is 2.81 bits per heavy atom. The third kappa shape index (κ3) is 5.36. The summed E-state index contributed by atoms with van der Waals surface area (Å²) in [4.78, 5) is 23.3. The number of carbonyl (C=O) groups excluding carboxylic acids is 2. The maximum atomic E-state index is 11.8. The van der Waals surface area contributed by atoms with Gasteiger partial charge in [-0.1, -0.05) is 37.7 Å². The number of imide groups is 1. The molecule has 2 heterocycles. The number of fused-ring (bicyclic) bond motifs is 1. The van der Waals surface area contributed by atoms with Crippen molar-refractivity contribution in [1.82, 2.24) is 20.8 Å². The molecular formula is C17H20N4O5S. The number of hydrogen-bond acceptors (Lipinski definition) is 8. The quantitative estimate of drug-likeness (QED) is 0.719. The molecule has 10 heteroatoms. The van der Waals surface area contributed by atoms with Crippen LogP contribution in [0, 0.1) is 5.92 Å². The van der Waals surface area contributed by atoms with Crippen molar-refractivity contribution in [3.8, 4) is 11.5 Å². The summed E-state index contributed by atoms with van der Waals surface area (Å²) >= 11 is 1.04. The van der Waals surface area contributed by atoms with Crippen molar-refractivity contribution in [3.63, 3.8) is 0 Å². The predicted octanol–water partition coefficient (Wildman–Crippen LogP) is 2.16. The highest BCUT2D eigenvalue weighted by Gasteiger charge is 2.27. The molecule has 0 spiro atoms. The molecule has 1 aliphatic rings. The number of hydrogen-bond donors (Lipinski definition) is 2. The van der Waals surface area contributed by atoms with E-state index in [0.717, 1.165) is 11.8 Å². The molecule has 0 saturated carbocycles. The average Bonchev–Trinajstić information content (AvgIpc) is 3.13. The van der Waals surface area contributed by atoms with Crippen molar-refractivity contribution < 1.29 is 23.5 Å². The number of aromatic nitrogens is 2. The molecule has 27 heavy (non-hydrogen) atoms. The summed E-state index contributed by atoms with van der Waals surface area (Å²) in [6.07, 6.45) is -0.516. The zero-order chi connectivity index (χ0) is 19.2. The van der Waals surface area contributed by atoms with Gasteiger partial charge in [0, 0.05) is 6.54 Å². The first-order chi connectivity index (χ1) is 13.0. The summed E-state index contributed by atoms with van der Waals surface area (Å²) in [5.74, 6) is 1.36. The Hall–Kier alpha value is -2.75. The number of urea groups is 1. The van der Waals surface area contributed by atoms with E-state index < -0.39 is 18.0 Å². The minimum Gasteiger partial charge on any atom is -0.485 e. The second-order valence-corrected chi connectivity index (χ2v) is 7.14. The van der Waals surface area contributed by atoms with Crippen LogP contribution in [0.2, 0.25) is 0 Å². The summed E-state index contributed by atoms with van der Waals surface area (Å²) in [7, 11) is 0. The van der Waals surface area contributed by atoms with Crippen LogP contribution in [0.5, 0.6) is 11.5 Å². The molecule has 1 aliphatic heterocycles. The van der Waals surface area contributed by atoms with E-state index in [1.54, 1.807) is 6.07 Å². The van der Waals surface area contributed by atoms with E-state index >= 15 is 0 Å². The van der Waals surface area contributed by atoms with Crippen LogP contribution in [0.1, 0.15) is 25.8 Å². The van der Waals surface area contributed by atoms with Crippen molar-refractivity contribution >= 4 is 23.7 Å². The van der Waals surface area contributed by atoms with Gasteiger partial charge < -0.3 is 19.2 Å². The molecular weight excluding hydrogens is 372 g/mol. The summed E-state index contributed by atoms with van der Waals surface area (Å²) in [6, 6.07) is 6.79. The lowest BCUT2D eigenvalue weighted by Gasteiger charge is -2.23. The van der Waals surface area contributed by atoms with Gasteiger partial charge in [-0.2, -0.15) is 0 Å². The van der Waals surface area contributed by atoms with Gasteiger partial charge in [0.15, 0.2) is 11.5 Å². The fraction of sp³-hybridized carbons (Fsp3) is 0.412. The van der Waals surface area contributed by atoms with Gasteiger partial charge in [-0.15, -0.1) is 10.2 Å². The van der Waals surface area contributed by atoms with E-state index in [1.165, 1.54) is 0 Å². The summed E-state index contributed by atoms with van der Waals surface area (Å²) < 4.78 is 16.9. The fourth-order valence-electron chi connectivity index (χ4n) is 2.18. The molecule has 2 N–H and O–H groups in total. The lowest BCUT2D eigenvalue weighted by Crippen LogP contribution is -2.41. The zero-order valence-corrected chi connectivity index (χ0v) is 15.7. The first-order valence-corrected chi connectivity index (χ1v) is 9.42. The molecule has 1 aromatic carbocycles.